The quantitative estimate of drug-likeness (QED) is 0.873. The van der Waals surface area contributed by atoms with E-state index in [1.807, 2.05) is 30.3 Å². The zero-order valence-corrected chi connectivity index (χ0v) is 10.8. The first-order valence-electron chi connectivity index (χ1n) is 6.49. The zero-order chi connectivity index (χ0) is 13.9. The Morgan fingerprint density at radius 2 is 1.75 bits per heavy atom. The second-order valence-corrected chi connectivity index (χ2v) is 4.74. The Kier molecular flexibility index (Phi) is 3.21. The number of amides is 2. The molecule has 2 aromatic rings. The van der Waals surface area contributed by atoms with Crippen molar-refractivity contribution in [3.63, 3.8) is 0 Å². The number of hydrogen-bond donors (Lipinski definition) is 2. The van der Waals surface area contributed by atoms with Gasteiger partial charge >= 0.3 is 0 Å². The average Bonchev–Trinajstić information content (AvgIpc) is 2.49. The molecule has 1 aliphatic rings. The number of rotatable bonds is 2. The van der Waals surface area contributed by atoms with Crippen molar-refractivity contribution in [1.29, 1.82) is 0 Å². The number of anilines is 1. The van der Waals surface area contributed by atoms with Gasteiger partial charge in [0.25, 0.3) is 5.91 Å². The molecule has 0 fully saturated rings. The van der Waals surface area contributed by atoms with Crippen LogP contribution in [-0.2, 0) is 11.2 Å². The van der Waals surface area contributed by atoms with Gasteiger partial charge in [-0.1, -0.05) is 36.4 Å². The summed E-state index contributed by atoms with van der Waals surface area (Å²) >= 11 is 0. The number of benzene rings is 2. The topological polar surface area (TPSA) is 58.2 Å². The average molecular weight is 266 g/mol. The summed E-state index contributed by atoms with van der Waals surface area (Å²) in [4.78, 5) is 24.1. The van der Waals surface area contributed by atoms with Gasteiger partial charge in [0.1, 0.15) is 6.04 Å². The van der Waals surface area contributed by atoms with E-state index >= 15 is 0 Å². The lowest BCUT2D eigenvalue weighted by atomic mass is 9.99. The van der Waals surface area contributed by atoms with Crippen molar-refractivity contribution < 1.29 is 9.59 Å². The van der Waals surface area contributed by atoms with Gasteiger partial charge in [0.05, 0.1) is 0 Å². The molecule has 0 unspecified atom stereocenters. The van der Waals surface area contributed by atoms with Gasteiger partial charge in [0.2, 0.25) is 5.91 Å². The minimum absolute atomic E-state index is 0.173. The Morgan fingerprint density at radius 3 is 2.55 bits per heavy atom. The summed E-state index contributed by atoms with van der Waals surface area (Å²) in [5, 5.41) is 5.59. The summed E-state index contributed by atoms with van der Waals surface area (Å²) in [7, 11) is 0. The van der Waals surface area contributed by atoms with Crippen molar-refractivity contribution in [3.05, 3.63) is 65.7 Å². The number of nitrogens with one attached hydrogen (secondary N) is 2. The van der Waals surface area contributed by atoms with E-state index in [1.54, 1.807) is 24.3 Å². The largest absolute Gasteiger partial charge is 0.340 e. The minimum Gasteiger partial charge on any atom is -0.340 e. The van der Waals surface area contributed by atoms with Crippen LogP contribution in [0.5, 0.6) is 0 Å². The van der Waals surface area contributed by atoms with Crippen LogP contribution in [0, 0.1) is 0 Å². The molecule has 0 radical (unpaired) electrons. The summed E-state index contributed by atoms with van der Waals surface area (Å²) in [6.45, 7) is 0. The molecule has 100 valence electrons. The van der Waals surface area contributed by atoms with E-state index < -0.39 is 6.04 Å². The molecule has 1 aliphatic heterocycles. The lowest BCUT2D eigenvalue weighted by molar-refractivity contribution is -0.118. The monoisotopic (exact) mass is 266 g/mol. The molecule has 3 rings (SSSR count). The predicted octanol–water partition coefficient (Wildman–Crippen LogP) is 1.98. The number of fused-ring (bicyclic) bond motifs is 1. The number of para-hydroxylation sites is 1. The maximum absolute atomic E-state index is 12.1. The van der Waals surface area contributed by atoms with Crippen molar-refractivity contribution in [3.8, 4) is 0 Å². The summed E-state index contributed by atoms with van der Waals surface area (Å²) in [6, 6.07) is 16.0. The van der Waals surface area contributed by atoms with Gasteiger partial charge in [-0.05, 0) is 23.8 Å². The van der Waals surface area contributed by atoms with Crippen LogP contribution in [0.15, 0.2) is 54.6 Å². The van der Waals surface area contributed by atoms with Crippen LogP contribution in [0.4, 0.5) is 5.69 Å². The van der Waals surface area contributed by atoms with Crippen LogP contribution in [0.25, 0.3) is 0 Å². The van der Waals surface area contributed by atoms with Crippen LogP contribution in [0.2, 0.25) is 0 Å². The highest BCUT2D eigenvalue weighted by Gasteiger charge is 2.27. The summed E-state index contributed by atoms with van der Waals surface area (Å²) in [6.07, 6.45) is 0.514. The highest BCUT2D eigenvalue weighted by molar-refractivity contribution is 6.02. The maximum atomic E-state index is 12.1. The van der Waals surface area contributed by atoms with E-state index in [0.717, 1.165) is 11.3 Å². The lowest BCUT2D eigenvalue weighted by Crippen LogP contribution is -2.47. The Labute approximate surface area is 116 Å². The zero-order valence-electron chi connectivity index (χ0n) is 10.8. The van der Waals surface area contributed by atoms with Crippen molar-refractivity contribution in [2.45, 2.75) is 12.5 Å². The molecule has 0 spiro atoms. The molecule has 0 saturated carbocycles. The fourth-order valence-corrected chi connectivity index (χ4v) is 2.30. The van der Waals surface area contributed by atoms with Crippen molar-refractivity contribution in [2.75, 3.05) is 5.32 Å². The third-order valence-electron chi connectivity index (χ3n) is 3.36. The Balaban J connectivity index is 1.76. The van der Waals surface area contributed by atoms with Gasteiger partial charge in [-0.2, -0.15) is 0 Å². The Hall–Kier alpha value is -2.62. The van der Waals surface area contributed by atoms with Crippen molar-refractivity contribution in [2.24, 2.45) is 0 Å². The highest BCUT2D eigenvalue weighted by Crippen LogP contribution is 2.21. The van der Waals surface area contributed by atoms with Crippen LogP contribution in [0.3, 0.4) is 0 Å². The molecule has 20 heavy (non-hydrogen) atoms. The molecule has 0 aliphatic carbocycles. The molecule has 4 nitrogen and oxygen atoms in total. The number of carbonyl (C=O) groups excluding carboxylic acids is 2. The van der Waals surface area contributed by atoms with Crippen molar-refractivity contribution in [1.82, 2.24) is 5.32 Å². The molecule has 2 N–H and O–H groups in total. The molecular weight excluding hydrogens is 252 g/mol. The fourth-order valence-electron chi connectivity index (χ4n) is 2.30. The second kappa shape index (κ2) is 5.17. The summed E-state index contributed by atoms with van der Waals surface area (Å²) < 4.78 is 0. The van der Waals surface area contributed by atoms with E-state index in [1.165, 1.54) is 0 Å². The Morgan fingerprint density at radius 1 is 1.05 bits per heavy atom. The maximum Gasteiger partial charge on any atom is 0.251 e. The molecule has 2 aromatic carbocycles. The molecule has 0 aromatic heterocycles. The molecule has 2 amide bonds. The van der Waals surface area contributed by atoms with Gasteiger partial charge < -0.3 is 10.6 Å². The molecule has 0 bridgehead atoms. The van der Waals surface area contributed by atoms with Crippen LogP contribution < -0.4 is 10.6 Å². The smallest absolute Gasteiger partial charge is 0.251 e. The third-order valence-corrected chi connectivity index (χ3v) is 3.36. The van der Waals surface area contributed by atoms with E-state index in [-0.39, 0.29) is 11.8 Å². The lowest BCUT2D eigenvalue weighted by Gasteiger charge is -2.25. The van der Waals surface area contributed by atoms with Crippen LogP contribution in [-0.4, -0.2) is 17.9 Å². The first-order chi connectivity index (χ1) is 9.74. The van der Waals surface area contributed by atoms with Crippen molar-refractivity contribution >= 4 is 17.5 Å². The standard InChI is InChI=1S/C16H14N2O2/c19-15(11-6-2-1-3-7-11)18-14-10-12-8-4-5-9-13(12)17-16(14)20/h1-9,14H,10H2,(H,17,20)(H,18,19)/t14-/m0/s1. The minimum atomic E-state index is -0.530. The number of carbonyl (C=O) groups is 2. The number of hydrogen-bond acceptors (Lipinski definition) is 2. The van der Waals surface area contributed by atoms with Gasteiger partial charge in [-0.15, -0.1) is 0 Å². The first-order valence-corrected chi connectivity index (χ1v) is 6.49. The molecule has 1 atom stereocenters. The van der Waals surface area contributed by atoms with E-state index in [9.17, 15) is 9.59 Å². The predicted molar refractivity (Wildman–Crippen MR) is 76.5 cm³/mol. The van der Waals surface area contributed by atoms with Gasteiger partial charge in [0, 0.05) is 17.7 Å². The van der Waals surface area contributed by atoms with E-state index in [4.69, 9.17) is 0 Å². The third kappa shape index (κ3) is 2.40. The van der Waals surface area contributed by atoms with E-state index in [2.05, 4.69) is 10.6 Å². The summed E-state index contributed by atoms with van der Waals surface area (Å²) in [5.41, 5.74) is 2.41. The van der Waals surface area contributed by atoms with Crippen LogP contribution >= 0.6 is 0 Å². The molecule has 1 heterocycles. The fraction of sp³-hybridized carbons (Fsp3) is 0.125. The first kappa shape index (κ1) is 12.4. The SMILES string of the molecule is O=C(N[C@H]1Cc2ccccc2NC1=O)c1ccccc1. The molecule has 4 heteroatoms. The van der Waals surface area contributed by atoms with Gasteiger partial charge in [-0.25, -0.2) is 0 Å². The highest BCUT2D eigenvalue weighted by atomic mass is 16.2. The second-order valence-electron chi connectivity index (χ2n) is 4.74. The molecular formula is C16H14N2O2. The van der Waals surface area contributed by atoms with Gasteiger partial charge in [-0.3, -0.25) is 9.59 Å². The van der Waals surface area contributed by atoms with E-state index in [0.29, 0.717) is 12.0 Å². The normalized spacial score (nSPS) is 17.0. The molecule has 0 saturated heterocycles. The summed E-state index contributed by atoms with van der Waals surface area (Å²) in [5.74, 6) is -0.405. The Bertz CT molecular complexity index is 653. The van der Waals surface area contributed by atoms with Gasteiger partial charge in [0.15, 0.2) is 0 Å². The van der Waals surface area contributed by atoms with Crippen LogP contribution in [0.1, 0.15) is 15.9 Å².